The molecule has 4 nitrogen and oxygen atoms in total. The number of hydrogen-bond acceptors (Lipinski definition) is 3. The van der Waals surface area contributed by atoms with Crippen molar-refractivity contribution >= 4 is 29.5 Å². The summed E-state index contributed by atoms with van der Waals surface area (Å²) in [6, 6.07) is 21.5. The summed E-state index contributed by atoms with van der Waals surface area (Å²) >= 11 is 5.13. The smallest absolute Gasteiger partial charge is 0.258 e. The fourth-order valence-electron chi connectivity index (χ4n) is 2.52. The lowest BCUT2D eigenvalue weighted by molar-refractivity contribution is 0.102. The molecular formula is C20H19N3OS. The number of carbonyl (C=O) groups excluding carboxylic acids is 1. The van der Waals surface area contributed by atoms with Crippen molar-refractivity contribution in [2.75, 3.05) is 10.6 Å². The van der Waals surface area contributed by atoms with Crippen molar-refractivity contribution in [1.82, 2.24) is 4.98 Å². The first-order valence-electron chi connectivity index (χ1n) is 8.04. The van der Waals surface area contributed by atoms with E-state index in [-0.39, 0.29) is 11.9 Å². The number of benzene rings is 2. The third-order valence-corrected chi connectivity index (χ3v) is 4.23. The van der Waals surface area contributed by atoms with Gasteiger partial charge < -0.3 is 15.6 Å². The normalized spacial score (nSPS) is 11.6. The highest BCUT2D eigenvalue weighted by Gasteiger charge is 2.08. The van der Waals surface area contributed by atoms with E-state index in [0.29, 0.717) is 10.2 Å². The van der Waals surface area contributed by atoms with Gasteiger partial charge in [-0.05, 0) is 48.9 Å². The summed E-state index contributed by atoms with van der Waals surface area (Å²) < 4.78 is 0.426. The molecule has 0 aliphatic carbocycles. The van der Waals surface area contributed by atoms with Gasteiger partial charge in [0.2, 0.25) is 0 Å². The molecule has 25 heavy (non-hydrogen) atoms. The van der Waals surface area contributed by atoms with Gasteiger partial charge in [0.05, 0.1) is 5.56 Å². The van der Waals surface area contributed by atoms with Crippen LogP contribution in [0.25, 0.3) is 0 Å². The number of pyridine rings is 1. The number of amides is 1. The topological polar surface area (TPSA) is 56.9 Å². The van der Waals surface area contributed by atoms with Crippen molar-refractivity contribution in [3.05, 3.63) is 88.7 Å². The van der Waals surface area contributed by atoms with E-state index in [1.165, 1.54) is 5.56 Å². The molecule has 0 saturated heterocycles. The Labute approximate surface area is 151 Å². The van der Waals surface area contributed by atoms with Crippen molar-refractivity contribution in [3.8, 4) is 0 Å². The van der Waals surface area contributed by atoms with Crippen LogP contribution < -0.4 is 10.6 Å². The summed E-state index contributed by atoms with van der Waals surface area (Å²) in [5, 5.41) is 6.30. The Kier molecular flexibility index (Phi) is 5.26. The van der Waals surface area contributed by atoms with Crippen LogP contribution in [0.1, 0.15) is 28.9 Å². The van der Waals surface area contributed by atoms with Crippen molar-refractivity contribution in [2.45, 2.75) is 13.0 Å². The number of rotatable bonds is 5. The number of H-pyrrole nitrogens is 1. The first-order chi connectivity index (χ1) is 12.1. The lowest BCUT2D eigenvalue weighted by atomic mass is 10.1. The van der Waals surface area contributed by atoms with E-state index in [9.17, 15) is 4.79 Å². The summed E-state index contributed by atoms with van der Waals surface area (Å²) in [6.07, 6.45) is 1.70. The maximum absolute atomic E-state index is 12.3. The van der Waals surface area contributed by atoms with Crippen LogP contribution in [-0.2, 0) is 0 Å². The van der Waals surface area contributed by atoms with Gasteiger partial charge >= 0.3 is 0 Å². The summed E-state index contributed by atoms with van der Waals surface area (Å²) in [4.78, 5) is 15.1. The third kappa shape index (κ3) is 4.33. The first kappa shape index (κ1) is 16.9. The highest BCUT2D eigenvalue weighted by atomic mass is 32.1. The van der Waals surface area contributed by atoms with Crippen LogP contribution in [0.15, 0.2) is 72.9 Å². The van der Waals surface area contributed by atoms with Crippen LogP contribution in [-0.4, -0.2) is 10.9 Å². The number of carbonyl (C=O) groups is 1. The Morgan fingerprint density at radius 2 is 1.64 bits per heavy atom. The molecule has 3 N–H and O–H groups in total. The van der Waals surface area contributed by atoms with Crippen LogP contribution >= 0.6 is 12.2 Å². The molecule has 2 aromatic carbocycles. The van der Waals surface area contributed by atoms with E-state index in [1.54, 1.807) is 18.3 Å². The number of hydrogen-bond donors (Lipinski definition) is 3. The van der Waals surface area contributed by atoms with Crippen molar-refractivity contribution in [3.63, 3.8) is 0 Å². The SMILES string of the molecule is C[C@@H](Nc1ccc(NC(=O)c2ccc[nH]c2=S)cc1)c1ccccc1. The van der Waals surface area contributed by atoms with Gasteiger partial charge in [0.15, 0.2) is 0 Å². The monoisotopic (exact) mass is 349 g/mol. The summed E-state index contributed by atoms with van der Waals surface area (Å²) in [5.41, 5.74) is 3.39. The highest BCUT2D eigenvalue weighted by Crippen LogP contribution is 2.21. The predicted octanol–water partition coefficient (Wildman–Crippen LogP) is 5.17. The van der Waals surface area contributed by atoms with Gasteiger partial charge in [0.25, 0.3) is 5.91 Å². The molecule has 1 heterocycles. The van der Waals surface area contributed by atoms with Gasteiger partial charge in [-0.2, -0.15) is 0 Å². The number of aromatic amines is 1. The summed E-state index contributed by atoms with van der Waals surface area (Å²) in [7, 11) is 0. The molecule has 126 valence electrons. The molecule has 0 radical (unpaired) electrons. The highest BCUT2D eigenvalue weighted by molar-refractivity contribution is 7.71. The minimum Gasteiger partial charge on any atom is -0.379 e. The minimum absolute atomic E-state index is 0.198. The maximum atomic E-state index is 12.3. The standard InChI is InChI=1S/C20H19N3OS/c1-14(15-6-3-2-4-7-15)22-16-9-11-17(12-10-16)23-19(24)18-8-5-13-21-20(18)25/h2-14,22H,1H3,(H,21,25)(H,23,24)/t14-/m1/s1. The number of nitrogens with one attached hydrogen (secondary N) is 3. The van der Waals surface area contributed by atoms with Gasteiger partial charge in [-0.1, -0.05) is 42.5 Å². The van der Waals surface area contributed by atoms with E-state index in [1.807, 2.05) is 42.5 Å². The lowest BCUT2D eigenvalue weighted by Crippen LogP contribution is -2.13. The van der Waals surface area contributed by atoms with Gasteiger partial charge in [-0.25, -0.2) is 0 Å². The van der Waals surface area contributed by atoms with Crippen LogP contribution in [0.5, 0.6) is 0 Å². The minimum atomic E-state index is -0.222. The van der Waals surface area contributed by atoms with E-state index < -0.39 is 0 Å². The molecule has 0 aliphatic rings. The predicted molar refractivity (Wildman–Crippen MR) is 105 cm³/mol. The van der Waals surface area contributed by atoms with E-state index >= 15 is 0 Å². The Bertz CT molecular complexity index is 904. The van der Waals surface area contributed by atoms with Crippen LogP contribution in [0.4, 0.5) is 11.4 Å². The average Bonchev–Trinajstić information content (AvgIpc) is 2.64. The quantitative estimate of drug-likeness (QED) is 0.557. The third-order valence-electron chi connectivity index (χ3n) is 3.89. The molecule has 0 unspecified atom stereocenters. The van der Waals surface area contributed by atoms with Crippen molar-refractivity contribution in [2.24, 2.45) is 0 Å². The van der Waals surface area contributed by atoms with Gasteiger partial charge in [-0.3, -0.25) is 4.79 Å². The van der Waals surface area contributed by atoms with Crippen LogP contribution in [0.2, 0.25) is 0 Å². The Morgan fingerprint density at radius 1 is 0.960 bits per heavy atom. The van der Waals surface area contributed by atoms with Crippen molar-refractivity contribution < 1.29 is 4.79 Å². The van der Waals surface area contributed by atoms with Crippen LogP contribution in [0, 0.1) is 4.64 Å². The first-order valence-corrected chi connectivity index (χ1v) is 8.45. The Morgan fingerprint density at radius 3 is 2.32 bits per heavy atom. The molecular weight excluding hydrogens is 330 g/mol. The molecule has 3 aromatic rings. The fourth-order valence-corrected chi connectivity index (χ4v) is 2.75. The largest absolute Gasteiger partial charge is 0.379 e. The van der Waals surface area contributed by atoms with Crippen molar-refractivity contribution in [1.29, 1.82) is 0 Å². The molecule has 3 rings (SSSR count). The molecule has 0 aliphatic heterocycles. The maximum Gasteiger partial charge on any atom is 0.258 e. The zero-order valence-electron chi connectivity index (χ0n) is 13.8. The zero-order chi connectivity index (χ0) is 17.6. The molecule has 1 atom stereocenters. The Hall–Kier alpha value is -2.92. The second-order valence-electron chi connectivity index (χ2n) is 5.72. The lowest BCUT2D eigenvalue weighted by Gasteiger charge is -2.16. The van der Waals surface area contributed by atoms with Gasteiger partial charge in [-0.15, -0.1) is 0 Å². The second kappa shape index (κ2) is 7.77. The molecule has 1 aromatic heterocycles. The summed E-state index contributed by atoms with van der Waals surface area (Å²) in [6.45, 7) is 2.11. The van der Waals surface area contributed by atoms with Crippen LogP contribution in [0.3, 0.4) is 0 Å². The van der Waals surface area contributed by atoms with E-state index in [4.69, 9.17) is 12.2 Å². The van der Waals surface area contributed by atoms with Gasteiger partial charge in [0, 0.05) is 23.6 Å². The zero-order valence-corrected chi connectivity index (χ0v) is 14.6. The number of anilines is 2. The molecule has 5 heteroatoms. The van der Waals surface area contributed by atoms with E-state index in [0.717, 1.165) is 11.4 Å². The molecule has 0 spiro atoms. The second-order valence-corrected chi connectivity index (χ2v) is 6.13. The fraction of sp³-hybridized carbons (Fsp3) is 0.100. The Balaban J connectivity index is 1.65. The van der Waals surface area contributed by atoms with E-state index in [2.05, 4.69) is 34.7 Å². The number of aromatic nitrogens is 1. The summed E-state index contributed by atoms with van der Waals surface area (Å²) in [5.74, 6) is -0.222. The molecule has 0 bridgehead atoms. The average molecular weight is 349 g/mol. The molecule has 0 fully saturated rings. The molecule has 0 saturated carbocycles. The van der Waals surface area contributed by atoms with Gasteiger partial charge in [0.1, 0.15) is 4.64 Å². The molecule has 1 amide bonds.